The summed E-state index contributed by atoms with van der Waals surface area (Å²) in [5.74, 6) is 1.01. The number of hydrogen-bond donors (Lipinski definition) is 2. The van der Waals surface area contributed by atoms with E-state index in [-0.39, 0.29) is 29.3 Å². The molecule has 5 heteroatoms. The van der Waals surface area contributed by atoms with Crippen LogP contribution in [0.15, 0.2) is 96.7 Å². The van der Waals surface area contributed by atoms with E-state index in [1.165, 1.54) is 24.8 Å². The van der Waals surface area contributed by atoms with Gasteiger partial charge in [0.1, 0.15) is 0 Å². The predicted octanol–water partition coefficient (Wildman–Crippen LogP) is 12.1. The predicted molar refractivity (Wildman–Crippen MR) is 222 cm³/mol. The molecule has 0 radical (unpaired) electrons. The van der Waals surface area contributed by atoms with Crippen LogP contribution in [0.3, 0.4) is 0 Å². The quantitative estimate of drug-likeness (QED) is 0.146. The SMILES string of the molecule is C=C1C(Nc2ccc(C(C(=O)CCCCC(C)CCC)N(C)C(C)C)cc2)=CC(c2cccc(NC(=O)c3ccc(C(C)(C)C)cc3)c2C)=CC1C. The fourth-order valence-corrected chi connectivity index (χ4v) is 7.01. The minimum atomic E-state index is -0.265. The molecule has 0 saturated carbocycles. The molecule has 0 spiro atoms. The summed E-state index contributed by atoms with van der Waals surface area (Å²) in [4.78, 5) is 29.1. The number of carbonyl (C=O) groups is 2. The van der Waals surface area contributed by atoms with Gasteiger partial charge in [-0.25, -0.2) is 0 Å². The normalized spacial score (nSPS) is 16.0. The van der Waals surface area contributed by atoms with Crippen molar-refractivity contribution in [3.05, 3.63) is 125 Å². The first-order chi connectivity index (χ1) is 24.6. The lowest BCUT2D eigenvalue weighted by Gasteiger charge is -2.31. The number of allylic oxidation sites excluding steroid dienone is 4. The smallest absolute Gasteiger partial charge is 0.255 e. The van der Waals surface area contributed by atoms with E-state index in [1.807, 2.05) is 36.4 Å². The van der Waals surface area contributed by atoms with Crippen molar-refractivity contribution in [3.63, 3.8) is 0 Å². The van der Waals surface area contributed by atoms with Crippen molar-refractivity contribution >= 4 is 28.6 Å². The summed E-state index contributed by atoms with van der Waals surface area (Å²) in [7, 11) is 2.06. The highest BCUT2D eigenvalue weighted by Crippen LogP contribution is 2.36. The molecule has 3 unspecified atom stereocenters. The van der Waals surface area contributed by atoms with Gasteiger partial charge in [0, 0.05) is 41.0 Å². The standard InChI is InChI=1S/C47H63N3O2/c1-12-16-32(4)17-13-14-20-44(51)45(50(11)31(2)3)36-23-27-40(28-24-36)48-43-30-38(29-33(5)34(43)6)41-18-15-19-42(35(41)7)49-46(52)37-21-25-39(26-22-37)47(8,9)10/h15,18-19,21-33,45,48H,6,12-14,16-17,20H2,1-5,7-11H3,(H,49,52). The largest absolute Gasteiger partial charge is 0.355 e. The Hall–Kier alpha value is -4.22. The zero-order chi connectivity index (χ0) is 38.2. The monoisotopic (exact) mass is 701 g/mol. The van der Waals surface area contributed by atoms with E-state index < -0.39 is 0 Å². The third-order valence-electron chi connectivity index (χ3n) is 10.7. The molecule has 3 aromatic carbocycles. The molecule has 5 nitrogen and oxygen atoms in total. The van der Waals surface area contributed by atoms with E-state index in [0.717, 1.165) is 63.7 Å². The number of benzene rings is 3. The van der Waals surface area contributed by atoms with Crippen LogP contribution in [0.1, 0.15) is 133 Å². The Balaban J connectivity index is 1.49. The molecule has 0 saturated heterocycles. The molecule has 0 heterocycles. The van der Waals surface area contributed by atoms with Crippen LogP contribution in [-0.4, -0.2) is 29.7 Å². The second kappa shape index (κ2) is 18.0. The van der Waals surface area contributed by atoms with Gasteiger partial charge in [-0.3, -0.25) is 14.5 Å². The van der Waals surface area contributed by atoms with Crippen molar-refractivity contribution in [1.82, 2.24) is 4.90 Å². The van der Waals surface area contributed by atoms with Gasteiger partial charge in [-0.15, -0.1) is 0 Å². The van der Waals surface area contributed by atoms with Crippen LogP contribution in [0.4, 0.5) is 11.4 Å². The minimum Gasteiger partial charge on any atom is -0.355 e. The number of rotatable bonds is 16. The Morgan fingerprint density at radius 1 is 0.923 bits per heavy atom. The zero-order valence-electron chi connectivity index (χ0n) is 33.5. The van der Waals surface area contributed by atoms with E-state index in [4.69, 9.17) is 0 Å². The number of Topliss-reactive ketones (excluding diaryl/α,β-unsaturated/α-hetero) is 1. The molecular weight excluding hydrogens is 639 g/mol. The first-order valence-electron chi connectivity index (χ1n) is 19.4. The maximum Gasteiger partial charge on any atom is 0.255 e. The van der Waals surface area contributed by atoms with Crippen LogP contribution in [0.25, 0.3) is 5.57 Å². The van der Waals surface area contributed by atoms with Crippen molar-refractivity contribution in [2.75, 3.05) is 17.7 Å². The lowest BCUT2D eigenvalue weighted by atomic mass is 9.86. The molecule has 3 atom stereocenters. The van der Waals surface area contributed by atoms with Gasteiger partial charge in [-0.2, -0.15) is 0 Å². The molecule has 0 aromatic heterocycles. The summed E-state index contributed by atoms with van der Waals surface area (Å²) in [6.07, 6.45) is 10.7. The number of anilines is 2. The molecule has 3 aromatic rings. The van der Waals surface area contributed by atoms with Crippen molar-refractivity contribution in [1.29, 1.82) is 0 Å². The summed E-state index contributed by atoms with van der Waals surface area (Å²) in [5.41, 5.74) is 9.73. The summed E-state index contributed by atoms with van der Waals surface area (Å²) in [6.45, 7) is 24.0. The highest BCUT2D eigenvalue weighted by molar-refractivity contribution is 6.05. The Morgan fingerprint density at radius 2 is 1.60 bits per heavy atom. The average molecular weight is 702 g/mol. The second-order valence-electron chi connectivity index (χ2n) is 16.3. The van der Waals surface area contributed by atoms with Crippen LogP contribution in [-0.2, 0) is 10.2 Å². The first kappa shape index (κ1) is 40.5. The highest BCUT2D eigenvalue weighted by atomic mass is 16.1. The van der Waals surface area contributed by atoms with Gasteiger partial charge < -0.3 is 10.6 Å². The molecule has 0 aliphatic heterocycles. The van der Waals surface area contributed by atoms with E-state index >= 15 is 0 Å². The van der Waals surface area contributed by atoms with Gasteiger partial charge >= 0.3 is 0 Å². The number of amides is 1. The van der Waals surface area contributed by atoms with Gasteiger partial charge in [0.25, 0.3) is 5.91 Å². The summed E-state index contributed by atoms with van der Waals surface area (Å²) < 4.78 is 0. The summed E-state index contributed by atoms with van der Waals surface area (Å²) >= 11 is 0. The Bertz CT molecular complexity index is 1760. The molecule has 2 N–H and O–H groups in total. The lowest BCUT2D eigenvalue weighted by molar-refractivity contribution is -0.124. The number of unbranched alkanes of at least 4 members (excludes halogenated alkanes) is 1. The maximum absolute atomic E-state index is 13.6. The molecule has 0 fully saturated rings. The molecular formula is C47H63N3O2. The highest BCUT2D eigenvalue weighted by Gasteiger charge is 2.27. The number of likely N-dealkylation sites (N-methyl/N-ethyl adjacent to an activating group) is 1. The van der Waals surface area contributed by atoms with E-state index in [1.54, 1.807) is 0 Å². The third-order valence-corrected chi connectivity index (χ3v) is 10.7. The molecule has 1 amide bonds. The number of carbonyl (C=O) groups excluding carboxylic acids is 2. The molecule has 1 aliphatic carbocycles. The number of hydrogen-bond acceptors (Lipinski definition) is 4. The topological polar surface area (TPSA) is 61.4 Å². The van der Waals surface area contributed by atoms with Crippen LogP contribution in [0.5, 0.6) is 0 Å². The Kier molecular flexibility index (Phi) is 14.0. The fraction of sp³-hybridized carbons (Fsp3) is 0.447. The van der Waals surface area contributed by atoms with Crippen LogP contribution in [0.2, 0.25) is 0 Å². The fourth-order valence-electron chi connectivity index (χ4n) is 7.01. The number of ketones is 1. The molecule has 1 aliphatic rings. The van der Waals surface area contributed by atoms with Gasteiger partial charge in [0.15, 0.2) is 5.78 Å². The zero-order valence-corrected chi connectivity index (χ0v) is 33.5. The molecule has 278 valence electrons. The summed E-state index contributed by atoms with van der Waals surface area (Å²) in [6, 6.07) is 22.2. The molecule has 52 heavy (non-hydrogen) atoms. The first-order valence-corrected chi connectivity index (χ1v) is 19.4. The Labute approximate surface area is 314 Å². The molecule has 0 bridgehead atoms. The van der Waals surface area contributed by atoms with Gasteiger partial charge in [-0.05, 0) is 115 Å². The summed E-state index contributed by atoms with van der Waals surface area (Å²) in [5, 5.41) is 6.77. The molecule has 4 rings (SSSR count). The van der Waals surface area contributed by atoms with E-state index in [0.29, 0.717) is 17.8 Å². The van der Waals surface area contributed by atoms with E-state index in [9.17, 15) is 9.59 Å². The maximum atomic E-state index is 13.6. The number of nitrogens with zero attached hydrogens (tertiary/aromatic N) is 1. The van der Waals surface area contributed by atoms with Crippen molar-refractivity contribution in [3.8, 4) is 0 Å². The number of nitrogens with one attached hydrogen (secondary N) is 2. The van der Waals surface area contributed by atoms with Crippen LogP contribution >= 0.6 is 0 Å². The lowest BCUT2D eigenvalue weighted by Crippen LogP contribution is -2.35. The third kappa shape index (κ3) is 10.4. The van der Waals surface area contributed by atoms with Crippen LogP contribution in [0, 0.1) is 18.8 Å². The van der Waals surface area contributed by atoms with Gasteiger partial charge in [0.05, 0.1) is 6.04 Å². The Morgan fingerprint density at radius 3 is 2.21 bits per heavy atom. The van der Waals surface area contributed by atoms with Crippen molar-refractivity contribution in [2.24, 2.45) is 11.8 Å². The van der Waals surface area contributed by atoms with Gasteiger partial charge in [0.2, 0.25) is 0 Å². The second-order valence-corrected chi connectivity index (χ2v) is 16.3. The minimum absolute atomic E-state index is 0.0283. The van der Waals surface area contributed by atoms with Crippen molar-refractivity contribution < 1.29 is 9.59 Å². The average Bonchev–Trinajstić information content (AvgIpc) is 3.10. The van der Waals surface area contributed by atoms with Crippen molar-refractivity contribution in [2.45, 2.75) is 118 Å². The van der Waals surface area contributed by atoms with Gasteiger partial charge in [-0.1, -0.05) is 116 Å². The van der Waals surface area contributed by atoms with Crippen LogP contribution < -0.4 is 10.6 Å². The van der Waals surface area contributed by atoms with E-state index in [2.05, 4.69) is 134 Å².